The fraction of sp³-hybridized carbons (Fsp3) is 0.250. The first kappa shape index (κ1) is 15.4. The highest BCUT2D eigenvalue weighted by Gasteiger charge is 2.20. The molecule has 0 saturated heterocycles. The molecular formula is C16H16BrClO2. The van der Waals surface area contributed by atoms with Crippen molar-refractivity contribution in [2.45, 2.75) is 19.4 Å². The van der Waals surface area contributed by atoms with Gasteiger partial charge in [-0.15, -0.1) is 0 Å². The maximum atomic E-state index is 10.7. The zero-order valence-electron chi connectivity index (χ0n) is 11.4. The Labute approximate surface area is 132 Å². The molecule has 0 saturated carbocycles. The summed E-state index contributed by atoms with van der Waals surface area (Å²) in [4.78, 5) is 0. The van der Waals surface area contributed by atoms with Gasteiger partial charge >= 0.3 is 0 Å². The number of rotatable bonds is 4. The van der Waals surface area contributed by atoms with E-state index in [9.17, 15) is 5.11 Å². The second-order valence-corrected chi connectivity index (χ2v) is 5.76. The van der Waals surface area contributed by atoms with E-state index in [1.165, 1.54) is 0 Å². The van der Waals surface area contributed by atoms with Crippen molar-refractivity contribution in [2.75, 3.05) is 7.11 Å². The van der Waals surface area contributed by atoms with Gasteiger partial charge in [0.2, 0.25) is 0 Å². The van der Waals surface area contributed by atoms with Gasteiger partial charge in [-0.05, 0) is 45.6 Å². The van der Waals surface area contributed by atoms with Gasteiger partial charge in [-0.1, -0.05) is 42.8 Å². The number of aliphatic hydroxyl groups excluding tert-OH is 1. The largest absolute Gasteiger partial charge is 0.495 e. The summed E-state index contributed by atoms with van der Waals surface area (Å²) in [6.07, 6.45) is 0.0909. The number of aryl methyl sites for hydroxylation is 1. The van der Waals surface area contributed by atoms with Crippen LogP contribution in [0.1, 0.15) is 29.7 Å². The maximum absolute atomic E-state index is 10.7. The normalized spacial score (nSPS) is 12.2. The number of ether oxygens (including phenoxy) is 1. The zero-order chi connectivity index (χ0) is 14.7. The molecule has 106 valence electrons. The predicted molar refractivity (Wildman–Crippen MR) is 85.6 cm³/mol. The van der Waals surface area contributed by atoms with Crippen molar-refractivity contribution in [1.82, 2.24) is 0 Å². The average Bonchev–Trinajstić information content (AvgIpc) is 2.45. The van der Waals surface area contributed by atoms with Crippen LogP contribution in [0, 0.1) is 0 Å². The molecule has 1 atom stereocenters. The molecule has 0 amide bonds. The summed E-state index contributed by atoms with van der Waals surface area (Å²) >= 11 is 9.50. The lowest BCUT2D eigenvalue weighted by Gasteiger charge is -2.19. The molecule has 0 bridgehead atoms. The molecule has 2 aromatic carbocycles. The number of aliphatic hydroxyl groups is 1. The fourth-order valence-electron chi connectivity index (χ4n) is 2.29. The number of hydrogen-bond donors (Lipinski definition) is 1. The molecule has 0 aromatic heterocycles. The third kappa shape index (κ3) is 3.00. The summed E-state index contributed by atoms with van der Waals surface area (Å²) in [5, 5.41) is 11.3. The summed E-state index contributed by atoms with van der Waals surface area (Å²) < 4.78 is 6.11. The molecule has 2 aromatic rings. The second-order valence-electron chi connectivity index (χ2n) is 4.46. The van der Waals surface area contributed by atoms with E-state index >= 15 is 0 Å². The van der Waals surface area contributed by atoms with Crippen molar-refractivity contribution < 1.29 is 9.84 Å². The summed E-state index contributed by atoms with van der Waals surface area (Å²) in [7, 11) is 1.58. The van der Waals surface area contributed by atoms with Gasteiger partial charge in [0.25, 0.3) is 0 Å². The standard InChI is InChI=1S/C16H16BrClO2/c1-3-10-6-4-5-7-12(10)15(19)13-8-11(18)9-14(17)16(13)20-2/h4-9,15,19H,3H2,1-2H3. The van der Waals surface area contributed by atoms with Crippen molar-refractivity contribution >= 4 is 27.5 Å². The molecule has 2 rings (SSSR count). The van der Waals surface area contributed by atoms with E-state index in [-0.39, 0.29) is 0 Å². The highest BCUT2D eigenvalue weighted by Crippen LogP contribution is 2.38. The molecule has 1 N–H and O–H groups in total. The lowest BCUT2D eigenvalue weighted by Crippen LogP contribution is -2.06. The Balaban J connectivity index is 2.55. The van der Waals surface area contributed by atoms with Gasteiger partial charge in [0.15, 0.2) is 0 Å². The van der Waals surface area contributed by atoms with Gasteiger partial charge in [0.05, 0.1) is 11.6 Å². The van der Waals surface area contributed by atoms with Crippen LogP contribution in [0.3, 0.4) is 0 Å². The molecule has 0 fully saturated rings. The highest BCUT2D eigenvalue weighted by atomic mass is 79.9. The molecule has 20 heavy (non-hydrogen) atoms. The summed E-state index contributed by atoms with van der Waals surface area (Å²) in [5.74, 6) is 0.604. The molecule has 1 unspecified atom stereocenters. The average molecular weight is 356 g/mol. The van der Waals surface area contributed by atoms with Crippen LogP contribution in [-0.2, 0) is 6.42 Å². The summed E-state index contributed by atoms with van der Waals surface area (Å²) in [6, 6.07) is 11.3. The highest BCUT2D eigenvalue weighted by molar-refractivity contribution is 9.10. The van der Waals surface area contributed by atoms with E-state index in [1.54, 1.807) is 19.2 Å². The molecule has 0 aliphatic rings. The van der Waals surface area contributed by atoms with Gasteiger partial charge < -0.3 is 9.84 Å². The number of methoxy groups -OCH3 is 1. The van der Waals surface area contributed by atoms with Gasteiger partial charge in [-0.25, -0.2) is 0 Å². The molecular weight excluding hydrogens is 340 g/mol. The lowest BCUT2D eigenvalue weighted by atomic mass is 9.95. The predicted octanol–water partition coefficient (Wildman–Crippen LogP) is 4.76. The van der Waals surface area contributed by atoms with Gasteiger partial charge in [-0.2, -0.15) is 0 Å². The van der Waals surface area contributed by atoms with Crippen LogP contribution in [0.5, 0.6) is 5.75 Å². The minimum absolute atomic E-state index is 0.556. The van der Waals surface area contributed by atoms with Crippen LogP contribution in [0.15, 0.2) is 40.9 Å². The van der Waals surface area contributed by atoms with E-state index in [4.69, 9.17) is 16.3 Å². The van der Waals surface area contributed by atoms with Crippen molar-refractivity contribution in [1.29, 1.82) is 0 Å². The first-order valence-corrected chi connectivity index (χ1v) is 7.54. The number of halogens is 2. The first-order chi connectivity index (χ1) is 9.58. The van der Waals surface area contributed by atoms with Crippen LogP contribution in [0.25, 0.3) is 0 Å². The van der Waals surface area contributed by atoms with Crippen LogP contribution >= 0.6 is 27.5 Å². The van der Waals surface area contributed by atoms with E-state index in [1.807, 2.05) is 24.3 Å². The van der Waals surface area contributed by atoms with Crippen molar-refractivity contribution in [2.24, 2.45) is 0 Å². The molecule has 4 heteroatoms. The van der Waals surface area contributed by atoms with Gasteiger partial charge in [-0.3, -0.25) is 0 Å². The first-order valence-electron chi connectivity index (χ1n) is 6.37. The minimum Gasteiger partial charge on any atom is -0.495 e. The third-order valence-corrected chi connectivity index (χ3v) is 4.07. The van der Waals surface area contributed by atoms with E-state index in [0.29, 0.717) is 16.3 Å². The molecule has 0 heterocycles. The maximum Gasteiger partial charge on any atom is 0.139 e. The smallest absolute Gasteiger partial charge is 0.139 e. The number of hydrogen-bond acceptors (Lipinski definition) is 2. The van der Waals surface area contributed by atoms with Crippen LogP contribution in [0.4, 0.5) is 0 Å². The Morgan fingerprint density at radius 3 is 2.60 bits per heavy atom. The van der Waals surface area contributed by atoms with Crippen LogP contribution < -0.4 is 4.74 Å². The Hall–Kier alpha value is -1.03. The van der Waals surface area contributed by atoms with Crippen molar-refractivity contribution in [3.05, 3.63) is 62.6 Å². The number of benzene rings is 2. The molecule has 0 aliphatic carbocycles. The van der Waals surface area contributed by atoms with Gasteiger partial charge in [0.1, 0.15) is 11.9 Å². The van der Waals surface area contributed by atoms with Crippen LogP contribution in [-0.4, -0.2) is 12.2 Å². The minimum atomic E-state index is -0.768. The molecule has 0 aliphatic heterocycles. The SMILES string of the molecule is CCc1ccccc1C(O)c1cc(Cl)cc(Br)c1OC. The molecule has 2 nitrogen and oxygen atoms in total. The van der Waals surface area contributed by atoms with E-state index < -0.39 is 6.10 Å². The van der Waals surface area contributed by atoms with Crippen molar-refractivity contribution in [3.63, 3.8) is 0 Å². The second kappa shape index (κ2) is 6.61. The lowest BCUT2D eigenvalue weighted by molar-refractivity contribution is 0.213. The van der Waals surface area contributed by atoms with Crippen LogP contribution in [0.2, 0.25) is 5.02 Å². The Morgan fingerprint density at radius 2 is 1.95 bits per heavy atom. The summed E-state index contributed by atoms with van der Waals surface area (Å²) in [5.41, 5.74) is 2.65. The molecule has 0 radical (unpaired) electrons. The third-order valence-electron chi connectivity index (χ3n) is 3.27. The van der Waals surface area contributed by atoms with Crippen molar-refractivity contribution in [3.8, 4) is 5.75 Å². The Morgan fingerprint density at radius 1 is 1.25 bits per heavy atom. The Kier molecular flexibility index (Phi) is 5.08. The fourth-order valence-corrected chi connectivity index (χ4v) is 3.29. The van der Waals surface area contributed by atoms with E-state index in [0.717, 1.165) is 22.0 Å². The molecule has 0 spiro atoms. The quantitative estimate of drug-likeness (QED) is 0.857. The Bertz CT molecular complexity index is 613. The summed E-state index contributed by atoms with van der Waals surface area (Å²) in [6.45, 7) is 2.07. The topological polar surface area (TPSA) is 29.5 Å². The van der Waals surface area contributed by atoms with Gasteiger partial charge in [0, 0.05) is 10.6 Å². The zero-order valence-corrected chi connectivity index (χ0v) is 13.7. The van der Waals surface area contributed by atoms with E-state index in [2.05, 4.69) is 22.9 Å². The monoisotopic (exact) mass is 354 g/mol.